The third-order valence-electron chi connectivity index (χ3n) is 2.53. The summed E-state index contributed by atoms with van der Waals surface area (Å²) in [5, 5.41) is 9.78. The number of hydrogen-bond donors (Lipinski definition) is 2. The second-order valence-electron chi connectivity index (χ2n) is 3.79. The van der Waals surface area contributed by atoms with Crippen LogP contribution in [0.15, 0.2) is 33.9 Å². The monoisotopic (exact) mass is 246 g/mol. The van der Waals surface area contributed by atoms with Gasteiger partial charge in [-0.1, -0.05) is 17.7 Å². The molecular weight excluding hydrogens is 236 g/mol. The first-order valence-corrected chi connectivity index (χ1v) is 5.15. The molecule has 0 aliphatic carbocycles. The summed E-state index contributed by atoms with van der Waals surface area (Å²) in [6.07, 6.45) is 0.207. The quantitative estimate of drug-likeness (QED) is 0.748. The van der Waals surface area contributed by atoms with E-state index in [1.165, 1.54) is 0 Å². The molecule has 0 bridgehead atoms. The Hall–Kier alpha value is -2.63. The number of aromatic hydroxyl groups is 1. The lowest BCUT2D eigenvalue weighted by atomic mass is 10.2. The minimum Gasteiger partial charge on any atom is -0.493 e. The van der Waals surface area contributed by atoms with Gasteiger partial charge in [-0.05, 0) is 19.1 Å². The summed E-state index contributed by atoms with van der Waals surface area (Å²) in [5.74, 6) is -0.664. The maximum absolute atomic E-state index is 11.6. The van der Waals surface area contributed by atoms with Gasteiger partial charge in [0.05, 0.1) is 5.69 Å². The van der Waals surface area contributed by atoms with Gasteiger partial charge < -0.3 is 5.11 Å². The molecule has 0 atom stereocenters. The fourth-order valence-electron chi connectivity index (χ4n) is 1.58. The van der Waals surface area contributed by atoms with Gasteiger partial charge in [0.2, 0.25) is 5.88 Å². The molecule has 0 radical (unpaired) electrons. The molecule has 1 aromatic carbocycles. The molecule has 0 unspecified atom stereocenters. The molecule has 6 heteroatoms. The van der Waals surface area contributed by atoms with Crippen molar-refractivity contribution in [3.8, 4) is 11.6 Å². The van der Waals surface area contributed by atoms with Crippen molar-refractivity contribution in [3.63, 3.8) is 0 Å². The average Bonchev–Trinajstić information content (AvgIpc) is 2.31. The maximum atomic E-state index is 11.6. The molecule has 0 saturated heterocycles. The van der Waals surface area contributed by atoms with Crippen LogP contribution in [-0.4, -0.2) is 20.9 Å². The number of nitrogens with zero attached hydrogens (tertiary/aromatic N) is 1. The highest BCUT2D eigenvalue weighted by molar-refractivity contribution is 5.77. The molecule has 0 aliphatic heterocycles. The molecule has 0 spiro atoms. The van der Waals surface area contributed by atoms with Gasteiger partial charge in [-0.15, -0.1) is 0 Å². The van der Waals surface area contributed by atoms with Crippen LogP contribution >= 0.6 is 0 Å². The van der Waals surface area contributed by atoms with Crippen LogP contribution < -0.4 is 11.2 Å². The van der Waals surface area contributed by atoms with Crippen molar-refractivity contribution in [2.24, 2.45) is 0 Å². The number of aryl methyl sites for hydroxylation is 1. The standard InChI is InChI=1S/C12H10N2O4/c1-7-2-4-8(5-3-7)14-11(17)9(6-15)10(16)13-12(14)18/h2-6,17H,1H3,(H,13,16,18). The van der Waals surface area contributed by atoms with E-state index >= 15 is 0 Å². The van der Waals surface area contributed by atoms with Gasteiger partial charge in [-0.3, -0.25) is 14.6 Å². The Morgan fingerprint density at radius 2 is 1.83 bits per heavy atom. The van der Waals surface area contributed by atoms with Crippen molar-refractivity contribution < 1.29 is 9.90 Å². The minimum atomic E-state index is -0.907. The summed E-state index contributed by atoms with van der Waals surface area (Å²) in [6.45, 7) is 1.87. The van der Waals surface area contributed by atoms with Crippen LogP contribution in [0.25, 0.3) is 5.69 Å². The average molecular weight is 246 g/mol. The largest absolute Gasteiger partial charge is 0.493 e. The lowest BCUT2D eigenvalue weighted by molar-refractivity contribution is 0.111. The lowest BCUT2D eigenvalue weighted by Crippen LogP contribution is -2.31. The molecule has 2 aromatic rings. The van der Waals surface area contributed by atoms with Crippen LogP contribution in [-0.2, 0) is 0 Å². The van der Waals surface area contributed by atoms with E-state index in [1.54, 1.807) is 24.3 Å². The zero-order chi connectivity index (χ0) is 13.3. The van der Waals surface area contributed by atoms with Gasteiger partial charge in [-0.25, -0.2) is 9.36 Å². The summed E-state index contributed by atoms with van der Waals surface area (Å²) in [4.78, 5) is 35.6. The van der Waals surface area contributed by atoms with E-state index in [-0.39, 0.29) is 6.29 Å². The molecule has 92 valence electrons. The van der Waals surface area contributed by atoms with E-state index in [4.69, 9.17) is 0 Å². The number of hydrogen-bond acceptors (Lipinski definition) is 4. The molecule has 0 saturated carbocycles. The van der Waals surface area contributed by atoms with Gasteiger partial charge in [-0.2, -0.15) is 0 Å². The molecule has 1 heterocycles. The number of benzene rings is 1. The fraction of sp³-hybridized carbons (Fsp3) is 0.0833. The number of aldehydes is 1. The third kappa shape index (κ3) is 1.84. The number of nitrogens with one attached hydrogen (secondary N) is 1. The Morgan fingerprint density at radius 1 is 1.22 bits per heavy atom. The highest BCUT2D eigenvalue weighted by Gasteiger charge is 2.14. The molecule has 0 aliphatic rings. The lowest BCUT2D eigenvalue weighted by Gasteiger charge is -2.08. The van der Waals surface area contributed by atoms with Crippen LogP contribution in [0.2, 0.25) is 0 Å². The van der Waals surface area contributed by atoms with Crippen molar-refractivity contribution in [3.05, 3.63) is 56.2 Å². The van der Waals surface area contributed by atoms with E-state index in [0.717, 1.165) is 10.1 Å². The molecule has 1 aromatic heterocycles. The van der Waals surface area contributed by atoms with E-state index in [0.29, 0.717) is 5.69 Å². The second kappa shape index (κ2) is 4.33. The predicted molar refractivity (Wildman–Crippen MR) is 64.4 cm³/mol. The first-order chi connectivity index (χ1) is 8.54. The molecule has 2 N–H and O–H groups in total. The SMILES string of the molecule is Cc1ccc(-n2c(O)c(C=O)c(=O)[nH]c2=O)cc1. The highest BCUT2D eigenvalue weighted by atomic mass is 16.3. The number of carbonyl (C=O) groups is 1. The van der Waals surface area contributed by atoms with Crippen LogP contribution in [0.4, 0.5) is 0 Å². The molecular formula is C12H10N2O4. The smallest absolute Gasteiger partial charge is 0.335 e. The Labute approximate surface area is 101 Å². The van der Waals surface area contributed by atoms with Gasteiger partial charge in [0.25, 0.3) is 5.56 Å². The Kier molecular flexibility index (Phi) is 2.85. The minimum absolute atomic E-state index is 0.207. The molecule has 18 heavy (non-hydrogen) atoms. The number of rotatable bonds is 2. The van der Waals surface area contributed by atoms with E-state index in [9.17, 15) is 19.5 Å². The van der Waals surface area contributed by atoms with Crippen LogP contribution in [0.5, 0.6) is 5.88 Å². The van der Waals surface area contributed by atoms with Crippen molar-refractivity contribution in [1.82, 2.24) is 9.55 Å². The first-order valence-electron chi connectivity index (χ1n) is 5.15. The van der Waals surface area contributed by atoms with Crippen molar-refractivity contribution in [2.75, 3.05) is 0 Å². The zero-order valence-electron chi connectivity index (χ0n) is 9.51. The zero-order valence-corrected chi connectivity index (χ0v) is 9.51. The van der Waals surface area contributed by atoms with E-state index in [2.05, 4.69) is 0 Å². The van der Waals surface area contributed by atoms with Gasteiger partial charge >= 0.3 is 5.69 Å². The van der Waals surface area contributed by atoms with Crippen molar-refractivity contribution >= 4 is 6.29 Å². The van der Waals surface area contributed by atoms with Crippen LogP contribution in [0.1, 0.15) is 15.9 Å². The Bertz CT molecular complexity index is 710. The topological polar surface area (TPSA) is 92.2 Å². The van der Waals surface area contributed by atoms with E-state index in [1.807, 2.05) is 11.9 Å². The van der Waals surface area contributed by atoms with Gasteiger partial charge in [0, 0.05) is 0 Å². The molecule has 2 rings (SSSR count). The molecule has 0 amide bonds. The number of aromatic nitrogens is 2. The summed E-state index contributed by atoms with van der Waals surface area (Å²) < 4.78 is 0.866. The third-order valence-corrected chi connectivity index (χ3v) is 2.53. The van der Waals surface area contributed by atoms with Gasteiger partial charge in [0.1, 0.15) is 5.56 Å². The highest BCUT2D eigenvalue weighted by Crippen LogP contribution is 2.15. The number of carbonyl (C=O) groups excluding carboxylic acids is 1. The maximum Gasteiger partial charge on any atom is 0.335 e. The summed E-state index contributed by atoms with van der Waals surface area (Å²) >= 11 is 0. The summed E-state index contributed by atoms with van der Waals surface area (Å²) in [5.41, 5.74) is -0.841. The Balaban J connectivity index is 2.79. The summed E-state index contributed by atoms with van der Waals surface area (Å²) in [7, 11) is 0. The number of aromatic amines is 1. The number of H-pyrrole nitrogens is 1. The molecule has 0 fully saturated rings. The first kappa shape index (κ1) is 11.8. The van der Waals surface area contributed by atoms with Gasteiger partial charge in [0.15, 0.2) is 6.29 Å². The van der Waals surface area contributed by atoms with Crippen LogP contribution in [0.3, 0.4) is 0 Å². The second-order valence-corrected chi connectivity index (χ2v) is 3.79. The summed E-state index contributed by atoms with van der Waals surface area (Å²) in [6, 6.07) is 6.69. The fourth-order valence-corrected chi connectivity index (χ4v) is 1.58. The normalized spacial score (nSPS) is 10.3. The van der Waals surface area contributed by atoms with E-state index < -0.39 is 22.7 Å². The molecule has 6 nitrogen and oxygen atoms in total. The van der Waals surface area contributed by atoms with Crippen LogP contribution in [0, 0.1) is 6.92 Å². The van der Waals surface area contributed by atoms with Crippen molar-refractivity contribution in [2.45, 2.75) is 6.92 Å². The predicted octanol–water partition coefficient (Wildman–Crippen LogP) is 0.352. The Morgan fingerprint density at radius 3 is 2.39 bits per heavy atom. The van der Waals surface area contributed by atoms with Crippen molar-refractivity contribution in [1.29, 1.82) is 0 Å².